The zero-order valence-corrected chi connectivity index (χ0v) is 18.5. The van der Waals surface area contributed by atoms with Gasteiger partial charge in [-0.1, -0.05) is 30.3 Å². The number of nitrogens with zero attached hydrogens (tertiary/aromatic N) is 4. The molecule has 7 heteroatoms. The average molecular weight is 423 g/mol. The van der Waals surface area contributed by atoms with Crippen LogP contribution in [0.1, 0.15) is 28.4 Å². The number of pyridine rings is 1. The molecule has 1 atom stereocenters. The van der Waals surface area contributed by atoms with Crippen LogP contribution in [-0.2, 0) is 0 Å². The molecule has 31 heavy (non-hydrogen) atoms. The van der Waals surface area contributed by atoms with Crippen molar-refractivity contribution >= 4 is 11.7 Å². The van der Waals surface area contributed by atoms with Crippen LogP contribution in [0.15, 0.2) is 48.7 Å². The van der Waals surface area contributed by atoms with Crippen LogP contribution >= 0.6 is 0 Å². The normalized spacial score (nSPS) is 20.5. The van der Waals surface area contributed by atoms with Gasteiger partial charge in [0.1, 0.15) is 5.82 Å². The molecule has 1 aromatic heterocycles. The predicted molar refractivity (Wildman–Crippen MR) is 125 cm³/mol. The van der Waals surface area contributed by atoms with Gasteiger partial charge in [0.15, 0.2) is 0 Å². The number of aromatic nitrogens is 1. The third-order valence-corrected chi connectivity index (χ3v) is 6.24. The lowest BCUT2D eigenvalue weighted by atomic mass is 10.0. The van der Waals surface area contributed by atoms with Gasteiger partial charge in [-0.15, -0.1) is 0 Å². The second kappa shape index (κ2) is 10.7. The van der Waals surface area contributed by atoms with Gasteiger partial charge in [-0.25, -0.2) is 4.98 Å². The van der Waals surface area contributed by atoms with E-state index >= 15 is 0 Å². The Hall–Kier alpha value is -2.48. The first-order valence-corrected chi connectivity index (χ1v) is 11.4. The largest absolute Gasteiger partial charge is 0.353 e. The van der Waals surface area contributed by atoms with Gasteiger partial charge in [0.05, 0.1) is 0 Å². The van der Waals surface area contributed by atoms with Crippen LogP contribution in [0.3, 0.4) is 0 Å². The highest BCUT2D eigenvalue weighted by Gasteiger charge is 2.22. The minimum Gasteiger partial charge on any atom is -0.353 e. The Balaban J connectivity index is 1.28. The van der Waals surface area contributed by atoms with Crippen molar-refractivity contribution in [3.63, 3.8) is 0 Å². The molecular formula is C24H34N6O. The zero-order valence-electron chi connectivity index (χ0n) is 18.5. The van der Waals surface area contributed by atoms with Gasteiger partial charge in [0.25, 0.3) is 5.91 Å². The third-order valence-electron chi connectivity index (χ3n) is 6.24. The maximum Gasteiger partial charge on any atom is 0.251 e. The molecule has 2 saturated heterocycles. The summed E-state index contributed by atoms with van der Waals surface area (Å²) in [6.07, 6.45) is 2.72. The van der Waals surface area contributed by atoms with Gasteiger partial charge in [-0.2, -0.15) is 0 Å². The fraction of sp³-hybridized carbons (Fsp3) is 0.500. The highest BCUT2D eigenvalue weighted by molar-refractivity contribution is 5.94. The van der Waals surface area contributed by atoms with E-state index in [4.69, 9.17) is 0 Å². The zero-order chi connectivity index (χ0) is 21.5. The second-order valence-corrected chi connectivity index (χ2v) is 8.52. The maximum absolute atomic E-state index is 12.7. The number of carbonyl (C=O) groups is 1. The molecule has 166 valence electrons. The Bertz CT molecular complexity index is 837. The number of amides is 1. The van der Waals surface area contributed by atoms with E-state index in [9.17, 15) is 4.79 Å². The van der Waals surface area contributed by atoms with Crippen molar-refractivity contribution in [2.24, 2.45) is 0 Å². The van der Waals surface area contributed by atoms with E-state index < -0.39 is 0 Å². The van der Waals surface area contributed by atoms with Gasteiger partial charge in [0.2, 0.25) is 0 Å². The molecule has 7 nitrogen and oxygen atoms in total. The van der Waals surface area contributed by atoms with Gasteiger partial charge in [-0.05, 0) is 37.7 Å². The average Bonchev–Trinajstić information content (AvgIpc) is 2.83. The fourth-order valence-electron chi connectivity index (χ4n) is 4.28. The first kappa shape index (κ1) is 21.7. The Morgan fingerprint density at radius 2 is 1.94 bits per heavy atom. The SMILES string of the molecule is CN1CCN(CCCNC(=O)c2ccnc(N3CCN[C@H](c4ccccc4)C3)c2)CC1. The molecule has 0 bridgehead atoms. The molecule has 4 rings (SSSR count). The first-order chi connectivity index (χ1) is 15.2. The van der Waals surface area contributed by atoms with Crippen LogP contribution in [0.2, 0.25) is 0 Å². The molecular weight excluding hydrogens is 388 g/mol. The van der Waals surface area contributed by atoms with E-state index in [2.05, 4.69) is 61.6 Å². The molecule has 1 aromatic carbocycles. The molecule has 0 unspecified atom stereocenters. The molecule has 2 aliphatic heterocycles. The van der Waals surface area contributed by atoms with Crippen molar-refractivity contribution < 1.29 is 4.79 Å². The standard InChI is InChI=1S/C24H34N6O/c1-28-14-16-29(17-15-28)12-5-9-27-24(31)21-8-10-26-23(18-21)30-13-11-25-22(19-30)20-6-3-2-4-7-20/h2-4,6-8,10,18,22,25H,5,9,11-17,19H2,1H3,(H,27,31)/t22-/m0/s1. The molecule has 0 spiro atoms. The number of anilines is 1. The molecule has 0 radical (unpaired) electrons. The van der Waals surface area contributed by atoms with Crippen molar-refractivity contribution in [1.29, 1.82) is 0 Å². The van der Waals surface area contributed by atoms with Crippen LogP contribution in [-0.4, -0.2) is 86.6 Å². The monoisotopic (exact) mass is 422 g/mol. The summed E-state index contributed by atoms with van der Waals surface area (Å²) in [4.78, 5) is 24.3. The molecule has 2 aromatic rings. The van der Waals surface area contributed by atoms with Crippen molar-refractivity contribution in [3.05, 3.63) is 59.8 Å². The van der Waals surface area contributed by atoms with Crippen molar-refractivity contribution in [2.75, 3.05) is 70.9 Å². The molecule has 1 amide bonds. The van der Waals surface area contributed by atoms with Gasteiger partial charge < -0.3 is 25.3 Å². The predicted octanol–water partition coefficient (Wildman–Crippen LogP) is 1.60. The highest BCUT2D eigenvalue weighted by Crippen LogP contribution is 2.21. The van der Waals surface area contributed by atoms with Gasteiger partial charge >= 0.3 is 0 Å². The summed E-state index contributed by atoms with van der Waals surface area (Å²) in [5.41, 5.74) is 1.96. The summed E-state index contributed by atoms with van der Waals surface area (Å²) in [6.45, 7) is 8.85. The quantitative estimate of drug-likeness (QED) is 0.661. The van der Waals surface area contributed by atoms with E-state index in [1.54, 1.807) is 12.3 Å². The Labute approximate surface area is 185 Å². The molecule has 2 aliphatic rings. The molecule has 2 N–H and O–H groups in total. The molecule has 0 aliphatic carbocycles. The Morgan fingerprint density at radius 3 is 2.74 bits per heavy atom. The lowest BCUT2D eigenvalue weighted by molar-refractivity contribution is 0.0949. The lowest BCUT2D eigenvalue weighted by Crippen LogP contribution is -2.46. The summed E-state index contributed by atoms with van der Waals surface area (Å²) in [5.74, 6) is 0.851. The third kappa shape index (κ3) is 6.03. The van der Waals surface area contributed by atoms with Crippen molar-refractivity contribution in [3.8, 4) is 0 Å². The fourth-order valence-corrected chi connectivity index (χ4v) is 4.28. The number of nitrogens with one attached hydrogen (secondary N) is 2. The van der Waals surface area contributed by atoms with Crippen LogP contribution in [0, 0.1) is 0 Å². The number of likely N-dealkylation sites (N-methyl/N-ethyl adjacent to an activating group) is 1. The number of hydrogen-bond donors (Lipinski definition) is 2. The van der Waals surface area contributed by atoms with Crippen LogP contribution in [0.25, 0.3) is 0 Å². The maximum atomic E-state index is 12.7. The summed E-state index contributed by atoms with van der Waals surface area (Å²) < 4.78 is 0. The Kier molecular flexibility index (Phi) is 7.51. The summed E-state index contributed by atoms with van der Waals surface area (Å²) >= 11 is 0. The van der Waals surface area contributed by atoms with Gasteiger partial charge in [-0.3, -0.25) is 4.79 Å². The summed E-state index contributed by atoms with van der Waals surface area (Å²) in [6, 6.07) is 14.5. The number of rotatable bonds is 7. The second-order valence-electron chi connectivity index (χ2n) is 8.52. The number of hydrogen-bond acceptors (Lipinski definition) is 6. The van der Waals surface area contributed by atoms with E-state index in [0.29, 0.717) is 12.1 Å². The Morgan fingerprint density at radius 1 is 1.13 bits per heavy atom. The topological polar surface area (TPSA) is 63.7 Å². The highest BCUT2D eigenvalue weighted by atomic mass is 16.1. The number of benzene rings is 1. The molecule has 3 heterocycles. The molecule has 0 saturated carbocycles. The minimum absolute atomic E-state index is 0.0169. The van der Waals surface area contributed by atoms with E-state index in [-0.39, 0.29) is 11.9 Å². The van der Waals surface area contributed by atoms with E-state index in [1.807, 2.05) is 12.1 Å². The first-order valence-electron chi connectivity index (χ1n) is 11.4. The smallest absolute Gasteiger partial charge is 0.251 e. The van der Waals surface area contributed by atoms with E-state index in [1.165, 1.54) is 5.56 Å². The van der Waals surface area contributed by atoms with Crippen molar-refractivity contribution in [1.82, 2.24) is 25.4 Å². The number of piperazine rings is 2. The van der Waals surface area contributed by atoms with Crippen LogP contribution < -0.4 is 15.5 Å². The molecule has 2 fully saturated rings. The minimum atomic E-state index is -0.0169. The summed E-state index contributed by atoms with van der Waals surface area (Å²) in [7, 11) is 2.17. The van der Waals surface area contributed by atoms with Crippen LogP contribution in [0.4, 0.5) is 5.82 Å². The van der Waals surface area contributed by atoms with Crippen molar-refractivity contribution in [2.45, 2.75) is 12.5 Å². The van der Waals surface area contributed by atoms with Crippen LogP contribution in [0.5, 0.6) is 0 Å². The summed E-state index contributed by atoms with van der Waals surface area (Å²) in [5, 5.41) is 6.66. The van der Waals surface area contributed by atoms with E-state index in [0.717, 1.165) is 64.6 Å². The number of carbonyl (C=O) groups excluding carboxylic acids is 1. The lowest BCUT2D eigenvalue weighted by Gasteiger charge is -2.35. The van der Waals surface area contributed by atoms with Gasteiger partial charge in [0, 0.05) is 70.2 Å².